The Bertz CT molecular complexity index is 599. The third-order valence-electron chi connectivity index (χ3n) is 3.44. The van der Waals surface area contributed by atoms with E-state index in [-0.39, 0.29) is 0 Å². The molecule has 1 aromatic carbocycles. The molecule has 0 amide bonds. The van der Waals surface area contributed by atoms with Gasteiger partial charge in [0.15, 0.2) is 0 Å². The maximum absolute atomic E-state index is 8.88. The van der Waals surface area contributed by atoms with Crippen molar-refractivity contribution in [1.29, 1.82) is 5.26 Å². The predicted octanol–water partition coefficient (Wildman–Crippen LogP) is 2.94. The largest absolute Gasteiger partial charge is 0.302 e. The lowest BCUT2D eigenvalue weighted by molar-refractivity contribution is 0.330. The van der Waals surface area contributed by atoms with Crippen LogP contribution < -0.4 is 0 Å². The van der Waals surface area contributed by atoms with E-state index in [1.807, 2.05) is 24.5 Å². The van der Waals surface area contributed by atoms with Gasteiger partial charge in [0.2, 0.25) is 0 Å². The van der Waals surface area contributed by atoms with Crippen LogP contribution in [0.4, 0.5) is 0 Å². The van der Waals surface area contributed by atoms with Crippen molar-refractivity contribution < 1.29 is 0 Å². The van der Waals surface area contributed by atoms with Crippen LogP contribution in [0.1, 0.15) is 22.3 Å². The Balaban J connectivity index is 1.91. The molecule has 0 spiro atoms. The van der Waals surface area contributed by atoms with E-state index in [2.05, 4.69) is 48.1 Å². The predicted molar refractivity (Wildman–Crippen MR) is 80.2 cm³/mol. The highest BCUT2D eigenvalue weighted by atomic mass is 15.1. The first-order valence-corrected chi connectivity index (χ1v) is 6.76. The maximum atomic E-state index is 8.88. The number of likely N-dealkylation sites (N-methyl/N-ethyl adjacent to an activating group) is 1. The molecule has 20 heavy (non-hydrogen) atoms. The Morgan fingerprint density at radius 1 is 1.20 bits per heavy atom. The minimum atomic E-state index is 0.727. The second kappa shape index (κ2) is 6.83. The molecule has 1 heterocycles. The molecule has 3 nitrogen and oxygen atoms in total. The van der Waals surface area contributed by atoms with Gasteiger partial charge < -0.3 is 4.90 Å². The Morgan fingerprint density at radius 3 is 2.60 bits per heavy atom. The summed E-state index contributed by atoms with van der Waals surface area (Å²) in [5.74, 6) is 0. The summed E-state index contributed by atoms with van der Waals surface area (Å²) in [6.07, 6.45) is 4.69. The molecule has 102 valence electrons. The molecular formula is C17H19N3. The molecule has 0 fully saturated rings. The van der Waals surface area contributed by atoms with E-state index in [0.717, 1.165) is 25.1 Å². The third-order valence-corrected chi connectivity index (χ3v) is 3.44. The summed E-state index contributed by atoms with van der Waals surface area (Å²) in [7, 11) is 2.12. The van der Waals surface area contributed by atoms with Crippen LogP contribution in [0, 0.1) is 18.3 Å². The lowest BCUT2D eigenvalue weighted by Crippen LogP contribution is -2.21. The molecule has 0 radical (unpaired) electrons. The lowest BCUT2D eigenvalue weighted by atomic mass is 10.1. The normalized spacial score (nSPS) is 10.5. The van der Waals surface area contributed by atoms with Crippen LogP contribution in [0.5, 0.6) is 0 Å². The number of rotatable bonds is 5. The summed E-state index contributed by atoms with van der Waals surface area (Å²) in [4.78, 5) is 6.33. The van der Waals surface area contributed by atoms with Crippen LogP contribution in [0.3, 0.4) is 0 Å². The standard InChI is InChI=1S/C17H19N3/c1-14-11-16(12-18)3-4-17(14)13-20(2)10-7-15-5-8-19-9-6-15/h3-6,8-9,11H,7,10,13H2,1-2H3. The van der Waals surface area contributed by atoms with E-state index in [1.54, 1.807) is 0 Å². The zero-order chi connectivity index (χ0) is 14.4. The van der Waals surface area contributed by atoms with E-state index in [4.69, 9.17) is 5.26 Å². The molecule has 0 atom stereocenters. The second-order valence-corrected chi connectivity index (χ2v) is 5.10. The molecule has 3 heteroatoms. The van der Waals surface area contributed by atoms with Crippen LogP contribution >= 0.6 is 0 Å². The van der Waals surface area contributed by atoms with Gasteiger partial charge in [-0.2, -0.15) is 5.26 Å². The maximum Gasteiger partial charge on any atom is 0.0991 e. The van der Waals surface area contributed by atoms with Crippen molar-refractivity contribution in [1.82, 2.24) is 9.88 Å². The second-order valence-electron chi connectivity index (χ2n) is 5.10. The average molecular weight is 265 g/mol. The van der Waals surface area contributed by atoms with E-state index in [9.17, 15) is 0 Å². The van der Waals surface area contributed by atoms with Gasteiger partial charge in [0, 0.05) is 25.5 Å². The molecule has 0 aliphatic carbocycles. The molecule has 0 saturated heterocycles. The van der Waals surface area contributed by atoms with Crippen LogP contribution in [0.15, 0.2) is 42.7 Å². The van der Waals surface area contributed by atoms with Gasteiger partial charge in [0.25, 0.3) is 0 Å². The molecule has 0 N–H and O–H groups in total. The molecule has 0 saturated carbocycles. The summed E-state index contributed by atoms with van der Waals surface area (Å²) in [5, 5.41) is 8.88. The first kappa shape index (κ1) is 14.2. The summed E-state index contributed by atoms with van der Waals surface area (Å²) in [6.45, 7) is 3.97. The van der Waals surface area contributed by atoms with Crippen molar-refractivity contribution in [3.8, 4) is 6.07 Å². The van der Waals surface area contributed by atoms with Gasteiger partial charge in [-0.1, -0.05) is 6.07 Å². The lowest BCUT2D eigenvalue weighted by Gasteiger charge is -2.18. The van der Waals surface area contributed by atoms with E-state index in [1.165, 1.54) is 16.7 Å². The van der Waals surface area contributed by atoms with Crippen LogP contribution in [-0.2, 0) is 13.0 Å². The molecule has 2 aromatic rings. The number of nitrogens with zero attached hydrogens (tertiary/aromatic N) is 3. The number of aryl methyl sites for hydroxylation is 1. The number of nitriles is 1. The van der Waals surface area contributed by atoms with Crippen molar-refractivity contribution in [2.75, 3.05) is 13.6 Å². The van der Waals surface area contributed by atoms with Crippen molar-refractivity contribution in [2.24, 2.45) is 0 Å². The van der Waals surface area contributed by atoms with Crippen LogP contribution in [0.2, 0.25) is 0 Å². The zero-order valence-corrected chi connectivity index (χ0v) is 12.0. The van der Waals surface area contributed by atoms with Crippen LogP contribution in [0.25, 0.3) is 0 Å². The van der Waals surface area contributed by atoms with E-state index < -0.39 is 0 Å². The van der Waals surface area contributed by atoms with Crippen molar-refractivity contribution in [2.45, 2.75) is 19.9 Å². The first-order chi connectivity index (χ1) is 9.69. The van der Waals surface area contributed by atoms with Gasteiger partial charge in [0.05, 0.1) is 11.6 Å². The minimum absolute atomic E-state index is 0.727. The molecular weight excluding hydrogens is 246 g/mol. The average Bonchev–Trinajstić information content (AvgIpc) is 2.48. The summed E-state index contributed by atoms with van der Waals surface area (Å²) in [5.41, 5.74) is 4.50. The molecule has 0 aliphatic rings. The summed E-state index contributed by atoms with van der Waals surface area (Å²) >= 11 is 0. The quantitative estimate of drug-likeness (QED) is 0.834. The highest BCUT2D eigenvalue weighted by Gasteiger charge is 2.04. The van der Waals surface area contributed by atoms with Crippen LogP contribution in [-0.4, -0.2) is 23.5 Å². The fourth-order valence-corrected chi connectivity index (χ4v) is 2.18. The number of pyridine rings is 1. The monoisotopic (exact) mass is 265 g/mol. The minimum Gasteiger partial charge on any atom is -0.302 e. The third kappa shape index (κ3) is 3.91. The van der Waals surface area contributed by atoms with E-state index in [0.29, 0.717) is 0 Å². The summed E-state index contributed by atoms with van der Waals surface area (Å²) < 4.78 is 0. The molecule has 2 rings (SSSR count). The summed E-state index contributed by atoms with van der Waals surface area (Å²) in [6, 6.07) is 12.2. The SMILES string of the molecule is Cc1cc(C#N)ccc1CN(C)CCc1ccncc1. The molecule has 0 aliphatic heterocycles. The van der Waals surface area contributed by atoms with Gasteiger partial charge in [-0.3, -0.25) is 4.98 Å². The Kier molecular flexibility index (Phi) is 4.86. The highest BCUT2D eigenvalue weighted by molar-refractivity contribution is 5.37. The number of benzene rings is 1. The molecule has 1 aromatic heterocycles. The fourth-order valence-electron chi connectivity index (χ4n) is 2.18. The first-order valence-electron chi connectivity index (χ1n) is 6.76. The smallest absolute Gasteiger partial charge is 0.0991 e. The molecule has 0 unspecified atom stereocenters. The topological polar surface area (TPSA) is 39.9 Å². The molecule has 0 bridgehead atoms. The van der Waals surface area contributed by atoms with Crippen molar-refractivity contribution in [3.63, 3.8) is 0 Å². The van der Waals surface area contributed by atoms with Gasteiger partial charge in [0.1, 0.15) is 0 Å². The number of aromatic nitrogens is 1. The Morgan fingerprint density at radius 2 is 1.95 bits per heavy atom. The number of hydrogen-bond donors (Lipinski definition) is 0. The van der Waals surface area contributed by atoms with E-state index >= 15 is 0 Å². The Labute approximate surface area is 120 Å². The number of hydrogen-bond acceptors (Lipinski definition) is 3. The highest BCUT2D eigenvalue weighted by Crippen LogP contribution is 2.13. The van der Waals surface area contributed by atoms with Crippen molar-refractivity contribution >= 4 is 0 Å². The Hall–Kier alpha value is -2.18. The van der Waals surface area contributed by atoms with Crippen molar-refractivity contribution in [3.05, 3.63) is 65.0 Å². The van der Waals surface area contributed by atoms with Gasteiger partial charge in [-0.05, 0) is 61.3 Å². The zero-order valence-electron chi connectivity index (χ0n) is 12.0. The van der Waals surface area contributed by atoms with Gasteiger partial charge in [-0.15, -0.1) is 0 Å². The van der Waals surface area contributed by atoms with Gasteiger partial charge >= 0.3 is 0 Å². The van der Waals surface area contributed by atoms with Gasteiger partial charge in [-0.25, -0.2) is 0 Å². The fraction of sp³-hybridized carbons (Fsp3) is 0.294.